The standard InChI is InChI=1S/C17H18N2O/c1-10(2)12-5-7-14-16(9-12)19-17(20)13-6-4-11(3)8-15(13)18-14/h4-10,18H,1-3H3,(H,19,20). The molecule has 0 fully saturated rings. The highest BCUT2D eigenvalue weighted by Crippen LogP contribution is 2.34. The average molecular weight is 266 g/mol. The second-order valence-electron chi connectivity index (χ2n) is 5.59. The Morgan fingerprint density at radius 3 is 2.45 bits per heavy atom. The monoisotopic (exact) mass is 266 g/mol. The number of fused-ring (bicyclic) bond motifs is 2. The Bertz CT molecular complexity index is 689. The van der Waals surface area contributed by atoms with Gasteiger partial charge in [-0.25, -0.2) is 0 Å². The first kappa shape index (κ1) is 12.7. The molecule has 0 saturated heterocycles. The molecule has 3 rings (SSSR count). The second kappa shape index (κ2) is 4.67. The molecule has 0 atom stereocenters. The van der Waals surface area contributed by atoms with Crippen molar-refractivity contribution in [3.05, 3.63) is 53.1 Å². The molecular weight excluding hydrogens is 248 g/mol. The third-order valence-corrected chi connectivity index (χ3v) is 3.65. The van der Waals surface area contributed by atoms with Crippen molar-refractivity contribution in [1.29, 1.82) is 0 Å². The van der Waals surface area contributed by atoms with Crippen LogP contribution in [0.2, 0.25) is 0 Å². The minimum Gasteiger partial charge on any atom is -0.353 e. The zero-order valence-electron chi connectivity index (χ0n) is 11.9. The Labute approximate surface area is 119 Å². The summed E-state index contributed by atoms with van der Waals surface area (Å²) >= 11 is 0. The van der Waals surface area contributed by atoms with Gasteiger partial charge in [0.25, 0.3) is 5.91 Å². The zero-order chi connectivity index (χ0) is 14.3. The van der Waals surface area contributed by atoms with E-state index in [0.29, 0.717) is 11.5 Å². The highest BCUT2D eigenvalue weighted by Gasteiger charge is 2.19. The molecule has 102 valence electrons. The summed E-state index contributed by atoms with van der Waals surface area (Å²) in [6, 6.07) is 12.0. The maximum Gasteiger partial charge on any atom is 0.257 e. The molecular formula is C17H18N2O. The lowest BCUT2D eigenvalue weighted by Gasteiger charge is -2.12. The lowest BCUT2D eigenvalue weighted by Crippen LogP contribution is -2.10. The van der Waals surface area contributed by atoms with Gasteiger partial charge in [-0.2, -0.15) is 0 Å². The van der Waals surface area contributed by atoms with E-state index >= 15 is 0 Å². The van der Waals surface area contributed by atoms with Crippen LogP contribution in [0.5, 0.6) is 0 Å². The smallest absolute Gasteiger partial charge is 0.257 e. The number of nitrogens with one attached hydrogen (secondary N) is 2. The molecule has 2 aromatic carbocycles. The minimum atomic E-state index is -0.0628. The van der Waals surface area contributed by atoms with Crippen LogP contribution < -0.4 is 10.6 Å². The van der Waals surface area contributed by atoms with E-state index in [1.54, 1.807) is 0 Å². The van der Waals surface area contributed by atoms with Gasteiger partial charge in [-0.3, -0.25) is 4.79 Å². The largest absolute Gasteiger partial charge is 0.353 e. The van der Waals surface area contributed by atoms with Crippen molar-refractivity contribution < 1.29 is 4.79 Å². The summed E-state index contributed by atoms with van der Waals surface area (Å²) in [5, 5.41) is 6.35. The number of carbonyl (C=O) groups excluding carboxylic acids is 1. The topological polar surface area (TPSA) is 41.1 Å². The fourth-order valence-corrected chi connectivity index (χ4v) is 2.43. The van der Waals surface area contributed by atoms with Gasteiger partial charge < -0.3 is 10.6 Å². The molecule has 20 heavy (non-hydrogen) atoms. The molecule has 0 aliphatic carbocycles. The number of anilines is 3. The molecule has 2 N–H and O–H groups in total. The van der Waals surface area contributed by atoms with E-state index in [4.69, 9.17) is 0 Å². The summed E-state index contributed by atoms with van der Waals surface area (Å²) in [5.74, 6) is 0.372. The summed E-state index contributed by atoms with van der Waals surface area (Å²) in [6.45, 7) is 6.31. The van der Waals surface area contributed by atoms with Crippen LogP contribution in [0.3, 0.4) is 0 Å². The Balaban J connectivity index is 2.10. The molecule has 0 bridgehead atoms. The van der Waals surface area contributed by atoms with Crippen molar-refractivity contribution in [2.45, 2.75) is 26.7 Å². The van der Waals surface area contributed by atoms with E-state index in [0.717, 1.165) is 22.6 Å². The van der Waals surface area contributed by atoms with Gasteiger partial charge in [0.1, 0.15) is 0 Å². The van der Waals surface area contributed by atoms with Crippen LogP contribution in [0, 0.1) is 6.92 Å². The molecule has 1 aliphatic rings. The van der Waals surface area contributed by atoms with Crippen molar-refractivity contribution >= 4 is 23.0 Å². The summed E-state index contributed by atoms with van der Waals surface area (Å²) in [7, 11) is 0. The highest BCUT2D eigenvalue weighted by atomic mass is 16.1. The number of hydrogen-bond donors (Lipinski definition) is 2. The van der Waals surface area contributed by atoms with Gasteiger partial charge in [0.15, 0.2) is 0 Å². The molecule has 3 nitrogen and oxygen atoms in total. The Hall–Kier alpha value is -2.29. The molecule has 3 heteroatoms. The summed E-state index contributed by atoms with van der Waals surface area (Å²) < 4.78 is 0. The lowest BCUT2D eigenvalue weighted by atomic mass is 10.0. The third-order valence-electron chi connectivity index (χ3n) is 3.65. The summed E-state index contributed by atoms with van der Waals surface area (Å²) in [4.78, 5) is 12.3. The van der Waals surface area contributed by atoms with Crippen molar-refractivity contribution in [3.63, 3.8) is 0 Å². The van der Waals surface area contributed by atoms with Gasteiger partial charge in [-0.05, 0) is 48.2 Å². The van der Waals surface area contributed by atoms with Crippen LogP contribution in [0.4, 0.5) is 17.1 Å². The fourth-order valence-electron chi connectivity index (χ4n) is 2.43. The van der Waals surface area contributed by atoms with E-state index in [9.17, 15) is 4.79 Å². The maximum atomic E-state index is 12.3. The molecule has 0 spiro atoms. The van der Waals surface area contributed by atoms with Gasteiger partial charge >= 0.3 is 0 Å². The SMILES string of the molecule is Cc1ccc2c(c1)Nc1ccc(C(C)C)cc1NC2=O. The van der Waals surface area contributed by atoms with Crippen LogP contribution in [0.15, 0.2) is 36.4 Å². The second-order valence-corrected chi connectivity index (χ2v) is 5.59. The van der Waals surface area contributed by atoms with Crippen LogP contribution in [0.25, 0.3) is 0 Å². The quantitative estimate of drug-likeness (QED) is 0.801. The number of carbonyl (C=O) groups is 1. The minimum absolute atomic E-state index is 0.0628. The number of benzene rings is 2. The van der Waals surface area contributed by atoms with Crippen molar-refractivity contribution in [2.24, 2.45) is 0 Å². The molecule has 0 unspecified atom stereocenters. The van der Waals surface area contributed by atoms with E-state index in [2.05, 4.69) is 30.5 Å². The summed E-state index contributed by atoms with van der Waals surface area (Å²) in [5.41, 5.74) is 5.66. The Morgan fingerprint density at radius 2 is 1.70 bits per heavy atom. The first-order valence-electron chi connectivity index (χ1n) is 6.87. The van der Waals surface area contributed by atoms with Crippen LogP contribution in [-0.2, 0) is 0 Å². The van der Waals surface area contributed by atoms with Gasteiger partial charge in [0.05, 0.1) is 22.6 Å². The Kier molecular flexibility index (Phi) is 2.97. The van der Waals surface area contributed by atoms with E-state index in [-0.39, 0.29) is 5.91 Å². The van der Waals surface area contributed by atoms with Crippen LogP contribution in [-0.4, -0.2) is 5.91 Å². The van der Waals surface area contributed by atoms with Crippen molar-refractivity contribution in [2.75, 3.05) is 10.6 Å². The third kappa shape index (κ3) is 2.16. The lowest BCUT2D eigenvalue weighted by molar-refractivity contribution is 0.102. The summed E-state index contributed by atoms with van der Waals surface area (Å²) in [6.07, 6.45) is 0. The van der Waals surface area contributed by atoms with Gasteiger partial charge in [-0.1, -0.05) is 26.0 Å². The molecule has 0 radical (unpaired) electrons. The normalized spacial score (nSPS) is 13.1. The average Bonchev–Trinajstić information content (AvgIpc) is 2.53. The number of hydrogen-bond acceptors (Lipinski definition) is 2. The molecule has 0 saturated carbocycles. The zero-order valence-corrected chi connectivity index (χ0v) is 11.9. The van der Waals surface area contributed by atoms with E-state index < -0.39 is 0 Å². The first-order chi connectivity index (χ1) is 9.54. The van der Waals surface area contributed by atoms with Crippen LogP contribution >= 0.6 is 0 Å². The van der Waals surface area contributed by atoms with Crippen molar-refractivity contribution in [3.8, 4) is 0 Å². The molecule has 2 aromatic rings. The van der Waals surface area contributed by atoms with Crippen LogP contribution in [0.1, 0.15) is 41.3 Å². The van der Waals surface area contributed by atoms with Gasteiger partial charge in [0, 0.05) is 0 Å². The predicted octanol–water partition coefficient (Wildman–Crippen LogP) is 4.43. The van der Waals surface area contributed by atoms with E-state index in [1.807, 2.05) is 37.3 Å². The number of aryl methyl sites for hydroxylation is 1. The highest BCUT2D eigenvalue weighted by molar-refractivity contribution is 6.12. The predicted molar refractivity (Wildman–Crippen MR) is 82.9 cm³/mol. The maximum absolute atomic E-state index is 12.3. The Morgan fingerprint density at radius 1 is 0.900 bits per heavy atom. The molecule has 0 aromatic heterocycles. The van der Waals surface area contributed by atoms with Crippen molar-refractivity contribution in [1.82, 2.24) is 0 Å². The number of amides is 1. The fraction of sp³-hybridized carbons (Fsp3) is 0.235. The van der Waals surface area contributed by atoms with Gasteiger partial charge in [0.2, 0.25) is 0 Å². The van der Waals surface area contributed by atoms with E-state index in [1.165, 1.54) is 5.56 Å². The number of rotatable bonds is 1. The molecule has 1 heterocycles. The van der Waals surface area contributed by atoms with Gasteiger partial charge in [-0.15, -0.1) is 0 Å². The molecule has 1 amide bonds. The molecule has 1 aliphatic heterocycles. The first-order valence-corrected chi connectivity index (χ1v) is 6.87.